The molecule has 2 aromatic carbocycles. The summed E-state index contributed by atoms with van der Waals surface area (Å²) in [6.07, 6.45) is 2.64. The van der Waals surface area contributed by atoms with Gasteiger partial charge in [-0.15, -0.1) is 0 Å². The van der Waals surface area contributed by atoms with Gasteiger partial charge in [0.1, 0.15) is 17.2 Å². The van der Waals surface area contributed by atoms with Crippen molar-refractivity contribution < 1.29 is 9.84 Å². The van der Waals surface area contributed by atoms with E-state index in [0.29, 0.717) is 11.8 Å². The Labute approximate surface area is 187 Å². The van der Waals surface area contributed by atoms with Crippen LogP contribution in [0.4, 0.5) is 0 Å². The molecule has 160 valence electrons. The van der Waals surface area contributed by atoms with Crippen molar-refractivity contribution in [3.05, 3.63) is 58.1 Å². The van der Waals surface area contributed by atoms with E-state index in [1.807, 2.05) is 24.3 Å². The number of benzene rings is 2. The summed E-state index contributed by atoms with van der Waals surface area (Å²) in [5.41, 5.74) is 2.80. The highest BCUT2D eigenvalue weighted by Gasteiger charge is 2.40. The Morgan fingerprint density at radius 3 is 2.50 bits per heavy atom. The fourth-order valence-electron chi connectivity index (χ4n) is 4.53. The van der Waals surface area contributed by atoms with E-state index >= 15 is 0 Å². The molecule has 4 rings (SSSR count). The van der Waals surface area contributed by atoms with Gasteiger partial charge < -0.3 is 14.7 Å². The molecule has 2 heterocycles. The van der Waals surface area contributed by atoms with Crippen molar-refractivity contribution in [2.45, 2.75) is 50.9 Å². The van der Waals surface area contributed by atoms with Gasteiger partial charge in [-0.1, -0.05) is 15.9 Å². The minimum Gasteiger partial charge on any atom is -0.508 e. The second-order valence-electron chi connectivity index (χ2n) is 8.55. The summed E-state index contributed by atoms with van der Waals surface area (Å²) >= 11 is 3.56. The highest BCUT2D eigenvalue weighted by molar-refractivity contribution is 9.10. The van der Waals surface area contributed by atoms with Crippen LogP contribution < -0.4 is 10.1 Å². The van der Waals surface area contributed by atoms with E-state index in [1.165, 1.54) is 0 Å². The average Bonchev–Trinajstić information content (AvgIpc) is 2.75. The van der Waals surface area contributed by atoms with Gasteiger partial charge in [-0.3, -0.25) is 10.3 Å². The lowest BCUT2D eigenvalue weighted by atomic mass is 9.87. The average molecular weight is 472 g/mol. The molecule has 0 bridgehead atoms. The van der Waals surface area contributed by atoms with Crippen LogP contribution in [0.25, 0.3) is 0 Å². The molecule has 1 saturated heterocycles. The van der Waals surface area contributed by atoms with E-state index in [-0.39, 0.29) is 11.7 Å². The number of aromatic hydroxyl groups is 1. The van der Waals surface area contributed by atoms with Crippen molar-refractivity contribution in [3.63, 3.8) is 0 Å². The largest absolute Gasteiger partial charge is 0.508 e. The third-order valence-electron chi connectivity index (χ3n) is 6.33. The van der Waals surface area contributed by atoms with Gasteiger partial charge in [0.2, 0.25) is 0 Å². The number of nitrogens with one attached hydrogen (secondary N) is 1. The Bertz CT molecular complexity index is 919. The van der Waals surface area contributed by atoms with Crippen LogP contribution in [-0.4, -0.2) is 47.6 Å². The van der Waals surface area contributed by atoms with E-state index in [4.69, 9.17) is 9.73 Å². The van der Waals surface area contributed by atoms with Crippen LogP contribution in [0.15, 0.2) is 51.9 Å². The zero-order chi connectivity index (χ0) is 21.3. The molecule has 0 unspecified atom stereocenters. The van der Waals surface area contributed by atoms with Gasteiger partial charge in [-0.2, -0.15) is 0 Å². The number of piperidine rings is 1. The first-order chi connectivity index (χ1) is 14.4. The third kappa shape index (κ3) is 4.41. The molecule has 0 aliphatic carbocycles. The maximum atomic E-state index is 10.6. The number of rotatable bonds is 4. The maximum absolute atomic E-state index is 10.6. The maximum Gasteiger partial charge on any atom is 0.120 e. The summed E-state index contributed by atoms with van der Waals surface area (Å²) in [5.74, 6) is 1.16. The van der Waals surface area contributed by atoms with Gasteiger partial charge >= 0.3 is 0 Å². The van der Waals surface area contributed by atoms with Crippen molar-refractivity contribution in [1.29, 1.82) is 0 Å². The fourth-order valence-corrected chi connectivity index (χ4v) is 4.91. The highest BCUT2D eigenvalue weighted by Crippen LogP contribution is 2.38. The third-order valence-corrected chi connectivity index (χ3v) is 6.83. The molecule has 1 fully saturated rings. The van der Waals surface area contributed by atoms with Crippen LogP contribution in [0.1, 0.15) is 50.3 Å². The van der Waals surface area contributed by atoms with E-state index in [2.05, 4.69) is 52.1 Å². The topological polar surface area (TPSA) is 57.1 Å². The lowest BCUT2D eigenvalue weighted by Gasteiger charge is -2.46. The fraction of sp³-hybridized carbons (Fsp3) is 0.458. The number of ether oxygens (including phenoxy) is 1. The minimum atomic E-state index is -0.307. The highest BCUT2D eigenvalue weighted by atomic mass is 79.9. The van der Waals surface area contributed by atoms with Crippen LogP contribution in [0.3, 0.4) is 0 Å². The molecule has 0 amide bonds. The molecule has 0 aromatic heterocycles. The van der Waals surface area contributed by atoms with E-state index in [9.17, 15) is 5.11 Å². The summed E-state index contributed by atoms with van der Waals surface area (Å²) in [6.45, 7) is 6.53. The second kappa shape index (κ2) is 8.69. The van der Waals surface area contributed by atoms with Gasteiger partial charge in [-0.05, 0) is 74.7 Å². The smallest absolute Gasteiger partial charge is 0.120 e. The number of nitrogens with zero attached hydrogens (tertiary/aromatic N) is 2. The Morgan fingerprint density at radius 1 is 1.17 bits per heavy atom. The number of hydrogen-bond donors (Lipinski definition) is 2. The van der Waals surface area contributed by atoms with Gasteiger partial charge in [0.05, 0.1) is 7.11 Å². The van der Waals surface area contributed by atoms with Crippen molar-refractivity contribution >= 4 is 21.6 Å². The number of hydrogen-bond acceptors (Lipinski definition) is 5. The first kappa shape index (κ1) is 21.3. The van der Waals surface area contributed by atoms with Crippen molar-refractivity contribution in [3.8, 4) is 11.5 Å². The summed E-state index contributed by atoms with van der Waals surface area (Å²) in [6, 6.07) is 14.3. The molecule has 1 atom stereocenters. The summed E-state index contributed by atoms with van der Waals surface area (Å²) in [5, 5.41) is 14.4. The zero-order valence-corrected chi connectivity index (χ0v) is 19.4. The minimum absolute atomic E-state index is 0.00250. The number of phenols is 1. The Hall–Kier alpha value is -1.89. The van der Waals surface area contributed by atoms with Crippen LogP contribution in [-0.2, 0) is 0 Å². The number of likely N-dealkylation sites (tertiary alicyclic amines) is 1. The predicted molar refractivity (Wildman–Crippen MR) is 125 cm³/mol. The quantitative estimate of drug-likeness (QED) is 0.666. The lowest BCUT2D eigenvalue weighted by molar-refractivity contribution is 0.103. The first-order valence-electron chi connectivity index (χ1n) is 10.6. The van der Waals surface area contributed by atoms with Crippen LogP contribution in [0.2, 0.25) is 0 Å². The lowest BCUT2D eigenvalue weighted by Crippen LogP contribution is -2.56. The van der Waals surface area contributed by atoms with Crippen LogP contribution in [0, 0.1) is 0 Å². The number of phenolic OH excluding ortho intramolecular Hbond substituents is 1. The number of methoxy groups -OCH3 is 1. The first-order valence-corrected chi connectivity index (χ1v) is 11.4. The summed E-state index contributed by atoms with van der Waals surface area (Å²) in [7, 11) is 1.68. The van der Waals surface area contributed by atoms with Crippen molar-refractivity contribution in [2.75, 3.05) is 20.2 Å². The number of halogens is 1. The van der Waals surface area contributed by atoms with Crippen molar-refractivity contribution in [2.24, 2.45) is 4.99 Å². The van der Waals surface area contributed by atoms with Gasteiger partial charge in [0, 0.05) is 47.3 Å². The van der Waals surface area contributed by atoms with Gasteiger partial charge in [-0.25, -0.2) is 0 Å². The Balaban J connectivity index is 1.70. The molecule has 6 heteroatoms. The van der Waals surface area contributed by atoms with Crippen LogP contribution >= 0.6 is 15.9 Å². The number of aliphatic imine (C=N–C) groups is 1. The van der Waals surface area contributed by atoms with Gasteiger partial charge in [0.15, 0.2) is 0 Å². The molecular weight excluding hydrogens is 442 g/mol. The molecule has 2 N–H and O–H groups in total. The molecule has 2 aliphatic rings. The van der Waals surface area contributed by atoms with E-state index in [0.717, 1.165) is 59.4 Å². The Morgan fingerprint density at radius 2 is 1.87 bits per heavy atom. The second-order valence-corrected chi connectivity index (χ2v) is 9.47. The van der Waals surface area contributed by atoms with E-state index in [1.54, 1.807) is 13.2 Å². The summed E-state index contributed by atoms with van der Waals surface area (Å²) < 4.78 is 6.29. The van der Waals surface area contributed by atoms with Crippen molar-refractivity contribution in [1.82, 2.24) is 10.2 Å². The van der Waals surface area contributed by atoms with Crippen LogP contribution in [0.5, 0.6) is 11.5 Å². The zero-order valence-electron chi connectivity index (χ0n) is 17.9. The molecule has 0 radical (unpaired) electrons. The molecule has 5 nitrogen and oxygen atoms in total. The van der Waals surface area contributed by atoms with E-state index < -0.39 is 0 Å². The predicted octanol–water partition coefficient (Wildman–Crippen LogP) is 4.89. The SMILES string of the molecule is COc1ccc(C2=NC3(CCN(C(C)C)CC3)N[C@@H](c3cc(Br)ccc3O)C2)cc1. The normalized spacial score (nSPS) is 21.6. The molecule has 2 aromatic rings. The molecular formula is C24H30BrN3O2. The molecule has 0 saturated carbocycles. The molecule has 1 spiro atoms. The monoisotopic (exact) mass is 471 g/mol. The summed E-state index contributed by atoms with van der Waals surface area (Å²) in [4.78, 5) is 7.77. The van der Waals surface area contributed by atoms with Gasteiger partial charge in [0.25, 0.3) is 0 Å². The standard InChI is InChI=1S/C24H30BrN3O2/c1-16(2)28-12-10-24(11-13-28)26-21(17-4-7-19(30-3)8-5-17)15-22(27-24)20-14-18(25)6-9-23(20)29/h4-9,14,16,22,27,29H,10-13,15H2,1-3H3/t22-/m1/s1. The molecule has 30 heavy (non-hydrogen) atoms. The Kier molecular flexibility index (Phi) is 6.19. The molecule has 2 aliphatic heterocycles.